The highest BCUT2D eigenvalue weighted by Gasteiger charge is 2.43. The van der Waals surface area contributed by atoms with Crippen molar-refractivity contribution in [2.45, 2.75) is 97.1 Å². The Morgan fingerprint density at radius 2 is 1.65 bits per heavy atom. The topological polar surface area (TPSA) is 78.6 Å². The van der Waals surface area contributed by atoms with E-state index in [1.54, 1.807) is 29.5 Å². The second-order valence-electron chi connectivity index (χ2n) is 12.4. The molecule has 1 atom stereocenters. The van der Waals surface area contributed by atoms with Crippen molar-refractivity contribution in [3.8, 4) is 0 Å². The van der Waals surface area contributed by atoms with Crippen LogP contribution >= 0.6 is 11.3 Å². The van der Waals surface area contributed by atoms with Crippen LogP contribution in [0, 0.1) is 0 Å². The number of aromatic nitrogens is 1. The first-order valence-corrected chi connectivity index (χ1v) is 16.6. The number of fused-ring (bicyclic) bond motifs is 2. The highest BCUT2D eigenvalue weighted by atomic mass is 32.1. The zero-order valence-electron chi connectivity index (χ0n) is 25.8. The molecule has 0 bridgehead atoms. The summed E-state index contributed by atoms with van der Waals surface area (Å²) in [4.78, 5) is 41.2. The highest BCUT2D eigenvalue weighted by Crippen LogP contribution is 2.46. The molecule has 0 saturated heterocycles. The molecule has 1 unspecified atom stereocenters. The number of para-hydroxylation sites is 1. The van der Waals surface area contributed by atoms with Crippen LogP contribution in [0.3, 0.4) is 0 Å². The van der Waals surface area contributed by atoms with E-state index < -0.39 is 11.4 Å². The van der Waals surface area contributed by atoms with Crippen molar-refractivity contribution in [2.24, 2.45) is 0 Å². The van der Waals surface area contributed by atoms with Crippen LogP contribution in [0.25, 0.3) is 22.4 Å². The summed E-state index contributed by atoms with van der Waals surface area (Å²) in [6, 6.07) is 13.3. The summed E-state index contributed by atoms with van der Waals surface area (Å²) in [5.74, 6) is -0.960. The molecule has 1 N–H and O–H groups in total. The van der Waals surface area contributed by atoms with Gasteiger partial charge in [0.1, 0.15) is 4.70 Å². The molecule has 0 saturated carbocycles. The number of hydrogen-bond donors (Lipinski definition) is 1. The number of carbonyl (C=O) groups is 1. The number of benzene rings is 2. The molecule has 1 aromatic heterocycles. The summed E-state index contributed by atoms with van der Waals surface area (Å²) >= 11 is 1.62. The van der Waals surface area contributed by atoms with Gasteiger partial charge in [0, 0.05) is 36.2 Å². The minimum absolute atomic E-state index is 0.205. The van der Waals surface area contributed by atoms with Gasteiger partial charge in [0.05, 0.1) is 22.0 Å². The van der Waals surface area contributed by atoms with Gasteiger partial charge in [-0.25, -0.2) is 4.79 Å². The van der Waals surface area contributed by atoms with Crippen molar-refractivity contribution in [2.75, 3.05) is 11.4 Å². The number of unbranched alkanes of at least 4 members (excludes halogenated alkanes) is 6. The fourth-order valence-corrected chi connectivity index (χ4v) is 7.62. The molecular formula is C36H43N2O4S+. The van der Waals surface area contributed by atoms with Crippen molar-refractivity contribution >= 4 is 45.4 Å². The van der Waals surface area contributed by atoms with Gasteiger partial charge in [-0.1, -0.05) is 83.3 Å². The van der Waals surface area contributed by atoms with Crippen molar-refractivity contribution in [1.29, 1.82) is 0 Å². The standard InChI is InChI=1S/C36H42N2O4S/c1-5-7-9-13-19-37-28-18-17-24(35(41)42)21-27(28)36(3,4)31(37)22-25-33(39)26(34(25)40)23-32-38(20-14-10-8-6-2)29-15-11-12-16-30(29)43-32/h11-12,15-18,21-23,31H,5-10,13-14,19-20H2,1-4H3/p+1. The molecule has 1 aliphatic rings. The number of aromatic carboxylic acids is 1. The van der Waals surface area contributed by atoms with Crippen LogP contribution in [0.5, 0.6) is 0 Å². The zero-order chi connectivity index (χ0) is 30.7. The van der Waals surface area contributed by atoms with Gasteiger partial charge in [0.25, 0.3) is 5.01 Å². The number of carboxylic acid groups (broad SMARTS) is 1. The molecule has 4 aromatic rings. The van der Waals surface area contributed by atoms with E-state index in [-0.39, 0.29) is 32.9 Å². The Balaban J connectivity index is 1.54. The van der Waals surface area contributed by atoms with Gasteiger partial charge in [0.2, 0.25) is 16.4 Å². The summed E-state index contributed by atoms with van der Waals surface area (Å²) in [5.41, 5.74) is 2.42. The fourth-order valence-electron chi connectivity index (χ4n) is 6.49. The number of anilines is 1. The van der Waals surface area contributed by atoms with E-state index in [9.17, 15) is 19.5 Å². The smallest absolute Gasteiger partial charge is 0.335 e. The van der Waals surface area contributed by atoms with Crippen molar-refractivity contribution < 1.29 is 14.5 Å². The van der Waals surface area contributed by atoms with Crippen LogP contribution in [0.4, 0.5) is 5.69 Å². The normalized spacial score (nSPS) is 15.7. The van der Waals surface area contributed by atoms with E-state index in [1.165, 1.54) is 12.8 Å². The summed E-state index contributed by atoms with van der Waals surface area (Å²) in [5, 5.41) is 11.1. The van der Waals surface area contributed by atoms with Crippen molar-refractivity contribution in [3.63, 3.8) is 0 Å². The van der Waals surface area contributed by atoms with Gasteiger partial charge in [-0.2, -0.15) is 4.57 Å². The van der Waals surface area contributed by atoms with Crippen molar-refractivity contribution in [3.05, 3.63) is 89.5 Å². The molecule has 6 nitrogen and oxygen atoms in total. The third-order valence-electron chi connectivity index (χ3n) is 9.02. The molecule has 0 radical (unpaired) electrons. The van der Waals surface area contributed by atoms with Crippen LogP contribution in [-0.4, -0.2) is 23.7 Å². The van der Waals surface area contributed by atoms with E-state index in [1.807, 2.05) is 24.3 Å². The van der Waals surface area contributed by atoms with Crippen LogP contribution < -0.4 is 30.8 Å². The second-order valence-corrected chi connectivity index (χ2v) is 13.4. The average Bonchev–Trinajstić information content (AvgIpc) is 3.45. The molecule has 0 spiro atoms. The Kier molecular flexibility index (Phi) is 9.30. The number of carboxylic acids is 1. The SMILES string of the molecule is CCCCCCN1c2ccc(C(=O)O)cc2C(C)(C)C1C=c1c(=O)c(=Cc2sc3ccccc3[n+]2CCCCCC)c1=O. The fraction of sp³-hybridized carbons (Fsp3) is 0.444. The van der Waals surface area contributed by atoms with Crippen LogP contribution in [-0.2, 0) is 12.0 Å². The van der Waals surface area contributed by atoms with Gasteiger partial charge in [-0.15, -0.1) is 0 Å². The molecular weight excluding hydrogens is 556 g/mol. The van der Waals surface area contributed by atoms with Gasteiger partial charge in [0.15, 0.2) is 6.54 Å². The summed E-state index contributed by atoms with van der Waals surface area (Å²) < 4.78 is 3.39. The summed E-state index contributed by atoms with van der Waals surface area (Å²) in [6.07, 6.45) is 12.6. The Morgan fingerprint density at radius 3 is 2.35 bits per heavy atom. The summed E-state index contributed by atoms with van der Waals surface area (Å²) in [6.45, 7) is 10.2. The van der Waals surface area contributed by atoms with E-state index in [2.05, 4.69) is 49.3 Å². The number of nitrogens with zero attached hydrogens (tertiary/aromatic N) is 2. The molecule has 3 aromatic carbocycles. The maximum Gasteiger partial charge on any atom is 0.335 e. The predicted octanol–water partition coefficient (Wildman–Crippen LogP) is 5.42. The lowest BCUT2D eigenvalue weighted by Gasteiger charge is -2.32. The molecule has 43 heavy (non-hydrogen) atoms. The monoisotopic (exact) mass is 599 g/mol. The lowest BCUT2D eigenvalue weighted by atomic mass is 9.79. The highest BCUT2D eigenvalue weighted by molar-refractivity contribution is 7.18. The number of rotatable bonds is 13. The Bertz CT molecular complexity index is 1790. The molecule has 5 rings (SSSR count). The van der Waals surface area contributed by atoms with Gasteiger partial charge < -0.3 is 10.0 Å². The van der Waals surface area contributed by atoms with Crippen LogP contribution in [0.2, 0.25) is 0 Å². The molecule has 1 aliphatic heterocycles. The molecule has 0 aliphatic carbocycles. The third kappa shape index (κ3) is 5.97. The summed E-state index contributed by atoms with van der Waals surface area (Å²) in [7, 11) is 0. The largest absolute Gasteiger partial charge is 0.478 e. The lowest BCUT2D eigenvalue weighted by molar-refractivity contribution is -0.669. The first-order chi connectivity index (χ1) is 20.7. The lowest BCUT2D eigenvalue weighted by Crippen LogP contribution is -2.65. The molecule has 226 valence electrons. The van der Waals surface area contributed by atoms with E-state index in [4.69, 9.17) is 0 Å². The number of thiazole rings is 1. The quantitative estimate of drug-likeness (QED) is 0.164. The minimum atomic E-state index is -0.960. The van der Waals surface area contributed by atoms with Gasteiger partial charge in [-0.3, -0.25) is 9.59 Å². The van der Waals surface area contributed by atoms with E-state index >= 15 is 0 Å². The zero-order valence-corrected chi connectivity index (χ0v) is 26.6. The molecule has 0 amide bonds. The second kappa shape index (κ2) is 13.0. The van der Waals surface area contributed by atoms with Gasteiger partial charge in [-0.05, 0) is 48.7 Å². The maximum atomic E-state index is 13.6. The van der Waals surface area contributed by atoms with E-state index in [0.717, 1.165) is 78.1 Å². The predicted molar refractivity (Wildman–Crippen MR) is 177 cm³/mol. The van der Waals surface area contributed by atoms with Crippen LogP contribution in [0.1, 0.15) is 100.0 Å². The maximum absolute atomic E-state index is 13.6. The Hall–Kier alpha value is -3.58. The molecule has 2 heterocycles. The van der Waals surface area contributed by atoms with Crippen LogP contribution in [0.15, 0.2) is 52.1 Å². The van der Waals surface area contributed by atoms with E-state index in [0.29, 0.717) is 0 Å². The Morgan fingerprint density at radius 1 is 0.953 bits per heavy atom. The third-order valence-corrected chi connectivity index (χ3v) is 10.1. The first-order valence-electron chi connectivity index (χ1n) is 15.8. The Labute approximate surface area is 257 Å². The van der Waals surface area contributed by atoms with Crippen molar-refractivity contribution in [1.82, 2.24) is 0 Å². The first kappa shape index (κ1) is 30.9. The molecule has 0 fully saturated rings. The number of aryl methyl sites for hydroxylation is 1. The molecule has 7 heteroatoms. The minimum Gasteiger partial charge on any atom is -0.478 e. The van der Waals surface area contributed by atoms with Gasteiger partial charge >= 0.3 is 5.97 Å². The average molecular weight is 600 g/mol. The number of hydrogen-bond acceptors (Lipinski definition) is 5.